The normalized spacial score (nSPS) is 12.6. The first kappa shape index (κ1) is 21.8. The summed E-state index contributed by atoms with van der Waals surface area (Å²) in [6.07, 6.45) is 0. The van der Waals surface area contributed by atoms with Crippen LogP contribution in [0, 0.1) is 6.92 Å². The summed E-state index contributed by atoms with van der Waals surface area (Å²) in [4.78, 5) is 21.2. The number of amides is 1. The van der Waals surface area contributed by atoms with Crippen molar-refractivity contribution in [1.29, 1.82) is 0 Å². The number of para-hydroxylation sites is 2. The van der Waals surface area contributed by atoms with E-state index in [9.17, 15) is 4.79 Å². The van der Waals surface area contributed by atoms with E-state index in [-0.39, 0.29) is 5.91 Å². The van der Waals surface area contributed by atoms with Crippen molar-refractivity contribution in [2.75, 3.05) is 4.90 Å². The molecule has 0 saturated carbocycles. The van der Waals surface area contributed by atoms with Crippen molar-refractivity contribution in [2.45, 2.75) is 19.4 Å². The van der Waals surface area contributed by atoms with Gasteiger partial charge in [0.1, 0.15) is 11.5 Å². The number of fused-ring (bicyclic) bond motifs is 3. The number of ether oxygens (including phenoxy) is 1. The van der Waals surface area contributed by atoms with Crippen LogP contribution in [0.1, 0.15) is 28.2 Å². The average Bonchev–Trinajstić information content (AvgIpc) is 3.33. The Morgan fingerprint density at radius 1 is 0.914 bits per heavy atom. The number of hydrogen-bond acceptors (Lipinski definition) is 4. The zero-order chi connectivity index (χ0) is 23.9. The Morgan fingerprint density at radius 3 is 2.23 bits per heavy atom. The summed E-state index contributed by atoms with van der Waals surface area (Å²) in [6.45, 7) is 2.37. The highest BCUT2D eigenvalue weighted by Crippen LogP contribution is 2.46. The molecule has 0 aliphatic carbocycles. The molecule has 0 atom stereocenters. The third-order valence-corrected chi connectivity index (χ3v) is 7.80. The molecule has 1 aromatic heterocycles. The first-order valence-corrected chi connectivity index (χ1v) is 12.6. The number of hydrogen-bond donors (Lipinski definition) is 0. The molecule has 172 valence electrons. The van der Waals surface area contributed by atoms with Gasteiger partial charge in [-0.15, -0.1) is 0 Å². The van der Waals surface area contributed by atoms with E-state index < -0.39 is 5.92 Å². The molecule has 0 saturated heterocycles. The SMILES string of the molecule is Cc1c(Cl)ccc2sc(N(Cc3ccccc3)C(=O)C3c4ccccc4Oc4ccccc43)nc12. The Hall–Kier alpha value is -3.67. The lowest BCUT2D eigenvalue weighted by atomic mass is 9.87. The van der Waals surface area contributed by atoms with Crippen molar-refractivity contribution < 1.29 is 9.53 Å². The monoisotopic (exact) mass is 496 g/mol. The molecule has 1 aliphatic heterocycles. The predicted molar refractivity (Wildman–Crippen MR) is 142 cm³/mol. The quantitative estimate of drug-likeness (QED) is 0.255. The number of aromatic nitrogens is 1. The maximum absolute atomic E-state index is 14.5. The highest BCUT2D eigenvalue weighted by molar-refractivity contribution is 7.22. The molecule has 0 bridgehead atoms. The second-order valence-corrected chi connectivity index (χ2v) is 9.95. The van der Waals surface area contributed by atoms with Crippen molar-refractivity contribution in [3.8, 4) is 11.5 Å². The first-order chi connectivity index (χ1) is 17.1. The summed E-state index contributed by atoms with van der Waals surface area (Å²) < 4.78 is 7.14. The van der Waals surface area contributed by atoms with Crippen LogP contribution in [0.25, 0.3) is 10.2 Å². The fourth-order valence-electron chi connectivity index (χ4n) is 4.54. The molecule has 6 rings (SSSR count). The molecule has 1 aliphatic rings. The molecule has 5 aromatic rings. The van der Waals surface area contributed by atoms with Crippen LogP contribution in [0.5, 0.6) is 11.5 Å². The molecular formula is C29H21ClN2O2S. The predicted octanol–water partition coefficient (Wildman–Crippen LogP) is 7.73. The number of carbonyl (C=O) groups excluding carboxylic acids is 1. The van der Waals surface area contributed by atoms with Gasteiger partial charge in [0.2, 0.25) is 5.91 Å². The molecule has 2 heterocycles. The van der Waals surface area contributed by atoms with E-state index in [1.165, 1.54) is 11.3 Å². The Kier molecular flexibility index (Phi) is 5.51. The zero-order valence-corrected chi connectivity index (χ0v) is 20.5. The molecule has 0 N–H and O–H groups in total. The van der Waals surface area contributed by atoms with E-state index in [0.717, 1.165) is 32.5 Å². The van der Waals surface area contributed by atoms with Crippen LogP contribution >= 0.6 is 22.9 Å². The van der Waals surface area contributed by atoms with E-state index in [2.05, 4.69) is 0 Å². The second kappa shape index (κ2) is 8.84. The highest BCUT2D eigenvalue weighted by atomic mass is 35.5. The number of carbonyl (C=O) groups is 1. The largest absolute Gasteiger partial charge is 0.457 e. The molecule has 35 heavy (non-hydrogen) atoms. The van der Waals surface area contributed by atoms with Gasteiger partial charge < -0.3 is 4.74 Å². The lowest BCUT2D eigenvalue weighted by Crippen LogP contribution is -2.36. The van der Waals surface area contributed by atoms with E-state index >= 15 is 0 Å². The molecule has 6 heteroatoms. The molecule has 1 amide bonds. The maximum atomic E-state index is 14.5. The fraction of sp³-hybridized carbons (Fsp3) is 0.103. The van der Waals surface area contributed by atoms with E-state index in [1.54, 1.807) is 4.90 Å². The summed E-state index contributed by atoms with van der Waals surface area (Å²) in [5, 5.41) is 1.32. The Bertz CT molecular complexity index is 1520. The minimum absolute atomic E-state index is 0.0418. The van der Waals surface area contributed by atoms with Gasteiger partial charge in [-0.25, -0.2) is 4.98 Å². The number of aryl methyl sites for hydroxylation is 1. The molecule has 0 spiro atoms. The van der Waals surface area contributed by atoms with Crippen LogP contribution in [0.15, 0.2) is 91.0 Å². The van der Waals surface area contributed by atoms with Crippen LogP contribution in [0.2, 0.25) is 5.02 Å². The van der Waals surface area contributed by atoms with Crippen LogP contribution < -0.4 is 9.64 Å². The van der Waals surface area contributed by atoms with Crippen LogP contribution in [0.3, 0.4) is 0 Å². The van der Waals surface area contributed by atoms with Gasteiger partial charge >= 0.3 is 0 Å². The lowest BCUT2D eigenvalue weighted by molar-refractivity contribution is -0.119. The van der Waals surface area contributed by atoms with Crippen LogP contribution in [-0.2, 0) is 11.3 Å². The Morgan fingerprint density at radius 2 is 1.54 bits per heavy atom. The molecule has 0 fully saturated rings. The minimum Gasteiger partial charge on any atom is -0.457 e. The van der Waals surface area contributed by atoms with Crippen molar-refractivity contribution in [2.24, 2.45) is 0 Å². The van der Waals surface area contributed by atoms with Crippen LogP contribution in [0.4, 0.5) is 5.13 Å². The number of anilines is 1. The topological polar surface area (TPSA) is 42.4 Å². The van der Waals surface area contributed by atoms with E-state index in [1.807, 2.05) is 97.9 Å². The smallest absolute Gasteiger partial charge is 0.241 e. The molecule has 0 unspecified atom stereocenters. The average molecular weight is 497 g/mol. The lowest BCUT2D eigenvalue weighted by Gasteiger charge is -2.31. The summed E-state index contributed by atoms with van der Waals surface area (Å²) in [5.41, 5.74) is 4.49. The van der Waals surface area contributed by atoms with Crippen molar-refractivity contribution in [1.82, 2.24) is 4.98 Å². The summed E-state index contributed by atoms with van der Waals surface area (Å²) in [6, 6.07) is 29.4. The zero-order valence-electron chi connectivity index (χ0n) is 18.9. The van der Waals surface area contributed by atoms with Gasteiger partial charge in [0.05, 0.1) is 22.7 Å². The highest BCUT2D eigenvalue weighted by Gasteiger charge is 2.36. The van der Waals surface area contributed by atoms with Gasteiger partial charge in [0, 0.05) is 16.1 Å². The van der Waals surface area contributed by atoms with Gasteiger partial charge in [0.25, 0.3) is 0 Å². The van der Waals surface area contributed by atoms with E-state index in [4.69, 9.17) is 21.3 Å². The fourth-order valence-corrected chi connectivity index (χ4v) is 5.72. The summed E-state index contributed by atoms with van der Waals surface area (Å²) in [5.74, 6) is 0.865. The first-order valence-electron chi connectivity index (χ1n) is 11.4. The molecule has 4 aromatic carbocycles. The Labute approximate surface area is 212 Å². The third-order valence-electron chi connectivity index (χ3n) is 6.34. The van der Waals surface area contributed by atoms with Gasteiger partial charge in [0.15, 0.2) is 5.13 Å². The minimum atomic E-state index is -0.503. The Balaban J connectivity index is 1.51. The molecule has 0 radical (unpaired) electrons. The molecule has 4 nitrogen and oxygen atoms in total. The third kappa shape index (κ3) is 3.87. The van der Waals surface area contributed by atoms with E-state index in [0.29, 0.717) is 28.2 Å². The standard InChI is InChI=1S/C29H21ClN2O2S/c1-18-22(30)15-16-25-27(18)31-29(35-25)32(17-19-9-3-2-4-10-19)28(33)26-20-11-5-7-13-23(20)34-24-14-8-6-12-21(24)26/h2-16,26H,17H2,1H3. The van der Waals surface area contributed by atoms with Gasteiger partial charge in [-0.1, -0.05) is 89.7 Å². The van der Waals surface area contributed by atoms with Crippen molar-refractivity contribution in [3.05, 3.63) is 118 Å². The van der Waals surface area contributed by atoms with Crippen molar-refractivity contribution in [3.63, 3.8) is 0 Å². The summed E-state index contributed by atoms with van der Waals surface area (Å²) >= 11 is 7.88. The van der Waals surface area contributed by atoms with Gasteiger partial charge in [-0.3, -0.25) is 9.69 Å². The van der Waals surface area contributed by atoms with Crippen LogP contribution in [-0.4, -0.2) is 10.9 Å². The number of benzene rings is 4. The second-order valence-electron chi connectivity index (χ2n) is 8.54. The number of halogens is 1. The van der Waals surface area contributed by atoms with Gasteiger partial charge in [-0.2, -0.15) is 0 Å². The number of thiazole rings is 1. The van der Waals surface area contributed by atoms with Gasteiger partial charge in [-0.05, 0) is 42.3 Å². The summed E-state index contributed by atoms with van der Waals surface area (Å²) in [7, 11) is 0. The maximum Gasteiger partial charge on any atom is 0.241 e. The van der Waals surface area contributed by atoms with Crippen molar-refractivity contribution >= 4 is 44.2 Å². The number of nitrogens with zero attached hydrogens (tertiary/aromatic N) is 2. The number of rotatable bonds is 4. The molecular weight excluding hydrogens is 476 g/mol.